The van der Waals surface area contributed by atoms with E-state index in [1.807, 2.05) is 6.07 Å². The molecule has 6 heteroatoms. The number of hydrogen-bond donors (Lipinski definition) is 0. The molecule has 0 unspecified atom stereocenters. The maximum Gasteiger partial charge on any atom is 0.240 e. The minimum absolute atomic E-state index is 0.0869. The van der Waals surface area contributed by atoms with Crippen molar-refractivity contribution in [3.63, 3.8) is 0 Å². The third-order valence-corrected chi connectivity index (χ3v) is 7.19. The number of hydrazone groups is 1. The molecule has 2 aliphatic rings. The Morgan fingerprint density at radius 3 is 2.81 bits per heavy atom. The number of carbonyl (C=O) groups excluding carboxylic acids is 1. The molecular weight excluding hydrogens is 367 g/mol. The molecule has 0 saturated carbocycles. The number of thioether (sulfide) groups is 2. The van der Waals surface area contributed by atoms with E-state index in [4.69, 9.17) is 0 Å². The van der Waals surface area contributed by atoms with Gasteiger partial charge in [-0.25, -0.2) is 9.40 Å². The molecule has 4 rings (SSSR count). The highest BCUT2D eigenvalue weighted by Gasteiger charge is 2.43. The van der Waals surface area contributed by atoms with Gasteiger partial charge in [0, 0.05) is 33.9 Å². The Labute approximate surface area is 161 Å². The second kappa shape index (κ2) is 6.74. The van der Waals surface area contributed by atoms with Crippen molar-refractivity contribution in [3.8, 4) is 0 Å². The number of benzene rings is 2. The first-order valence-electron chi connectivity index (χ1n) is 8.49. The van der Waals surface area contributed by atoms with Gasteiger partial charge in [0.05, 0.1) is 5.71 Å². The highest BCUT2D eigenvalue weighted by molar-refractivity contribution is 8.00. The molecule has 0 spiro atoms. The molecule has 0 bridgehead atoms. The highest BCUT2D eigenvalue weighted by Crippen LogP contribution is 2.44. The number of amides is 1. The third-order valence-electron chi connectivity index (χ3n) is 4.70. The number of hydrogen-bond acceptors (Lipinski definition) is 4. The van der Waals surface area contributed by atoms with Crippen molar-refractivity contribution in [1.29, 1.82) is 0 Å². The second-order valence-corrected chi connectivity index (χ2v) is 8.94. The normalized spacial score (nSPS) is 21.2. The summed E-state index contributed by atoms with van der Waals surface area (Å²) < 4.78 is 14.0. The van der Waals surface area contributed by atoms with Gasteiger partial charge in [-0.2, -0.15) is 5.10 Å². The summed E-state index contributed by atoms with van der Waals surface area (Å²) in [7, 11) is 0. The molecule has 0 aromatic heterocycles. The van der Waals surface area contributed by atoms with Crippen LogP contribution in [0.5, 0.6) is 0 Å². The van der Waals surface area contributed by atoms with Crippen LogP contribution in [-0.4, -0.2) is 27.8 Å². The molecule has 134 valence electrons. The Balaban J connectivity index is 1.70. The lowest BCUT2D eigenvalue weighted by atomic mass is 9.97. The molecule has 3 nitrogen and oxygen atoms in total. The fourth-order valence-electron chi connectivity index (χ4n) is 3.28. The van der Waals surface area contributed by atoms with E-state index in [1.54, 1.807) is 35.8 Å². The van der Waals surface area contributed by atoms with Crippen LogP contribution in [0.1, 0.15) is 23.6 Å². The van der Waals surface area contributed by atoms with E-state index >= 15 is 0 Å². The predicted molar refractivity (Wildman–Crippen MR) is 105 cm³/mol. The van der Waals surface area contributed by atoms with Crippen molar-refractivity contribution < 1.29 is 9.18 Å². The van der Waals surface area contributed by atoms with Crippen molar-refractivity contribution in [1.82, 2.24) is 5.01 Å². The lowest BCUT2D eigenvalue weighted by Crippen LogP contribution is -2.35. The van der Waals surface area contributed by atoms with E-state index in [0.717, 1.165) is 21.9 Å². The van der Waals surface area contributed by atoms with Gasteiger partial charge < -0.3 is 0 Å². The lowest BCUT2D eigenvalue weighted by molar-refractivity contribution is -0.129. The molecule has 0 saturated heterocycles. The molecular formula is C20H19FN2OS2. The highest BCUT2D eigenvalue weighted by atomic mass is 32.2. The van der Waals surface area contributed by atoms with Crippen LogP contribution in [0.15, 0.2) is 51.3 Å². The summed E-state index contributed by atoms with van der Waals surface area (Å²) in [5, 5.41) is 6.10. The summed E-state index contributed by atoms with van der Waals surface area (Å²) in [6, 6.07) is 11.6. The first-order chi connectivity index (χ1) is 12.4. The van der Waals surface area contributed by atoms with Gasteiger partial charge in [-0.05, 0) is 43.7 Å². The number of halogens is 1. The summed E-state index contributed by atoms with van der Waals surface area (Å²) in [5.74, 6) is 0.691. The zero-order valence-electron chi connectivity index (χ0n) is 14.8. The Hall–Kier alpha value is -1.79. The van der Waals surface area contributed by atoms with Crippen LogP contribution in [0.25, 0.3) is 0 Å². The van der Waals surface area contributed by atoms with E-state index in [-0.39, 0.29) is 23.0 Å². The van der Waals surface area contributed by atoms with Crippen LogP contribution in [0.2, 0.25) is 0 Å². The SMILES string of the molecule is CC(=O)N1N=C2c3cc(C)ccc3SC[C@H]2[C@@H]1Sc1ccc(C)c(F)c1. The quantitative estimate of drug-likeness (QED) is 0.740. The lowest BCUT2D eigenvalue weighted by Gasteiger charge is -2.28. The molecule has 2 aliphatic heterocycles. The first kappa shape index (κ1) is 17.6. The van der Waals surface area contributed by atoms with E-state index in [2.05, 4.69) is 30.2 Å². The summed E-state index contributed by atoms with van der Waals surface area (Å²) in [6.45, 7) is 5.35. The van der Waals surface area contributed by atoms with E-state index in [9.17, 15) is 9.18 Å². The van der Waals surface area contributed by atoms with Gasteiger partial charge in [-0.15, -0.1) is 11.8 Å². The number of carbonyl (C=O) groups is 1. The van der Waals surface area contributed by atoms with Gasteiger partial charge in [0.25, 0.3) is 0 Å². The van der Waals surface area contributed by atoms with Crippen molar-refractivity contribution in [2.24, 2.45) is 11.0 Å². The third kappa shape index (κ3) is 3.05. The number of fused-ring (bicyclic) bond motifs is 3. The minimum Gasteiger partial charge on any atom is -0.273 e. The van der Waals surface area contributed by atoms with Crippen LogP contribution in [0.4, 0.5) is 4.39 Å². The van der Waals surface area contributed by atoms with E-state index < -0.39 is 0 Å². The van der Waals surface area contributed by atoms with Gasteiger partial charge in [-0.3, -0.25) is 4.79 Å². The molecule has 2 atom stereocenters. The van der Waals surface area contributed by atoms with Gasteiger partial charge in [0.2, 0.25) is 5.91 Å². The monoisotopic (exact) mass is 386 g/mol. The minimum atomic E-state index is -0.220. The second-order valence-electron chi connectivity index (χ2n) is 6.69. The summed E-state index contributed by atoms with van der Waals surface area (Å²) >= 11 is 3.31. The van der Waals surface area contributed by atoms with Crippen LogP contribution in [-0.2, 0) is 4.79 Å². The van der Waals surface area contributed by atoms with Crippen molar-refractivity contribution >= 4 is 35.1 Å². The van der Waals surface area contributed by atoms with Crippen molar-refractivity contribution in [3.05, 3.63) is 58.9 Å². The number of rotatable bonds is 2. The Bertz CT molecular complexity index is 928. The molecule has 2 aromatic rings. The fourth-order valence-corrected chi connectivity index (χ4v) is 5.87. The molecule has 26 heavy (non-hydrogen) atoms. The molecule has 1 amide bonds. The average molecular weight is 387 g/mol. The number of aryl methyl sites for hydroxylation is 2. The van der Waals surface area contributed by atoms with Crippen LogP contribution in [0, 0.1) is 25.6 Å². The maximum atomic E-state index is 14.0. The average Bonchev–Trinajstić information content (AvgIpc) is 2.97. The summed E-state index contributed by atoms with van der Waals surface area (Å²) in [5.41, 5.74) is 3.90. The van der Waals surface area contributed by atoms with Crippen LogP contribution in [0.3, 0.4) is 0 Å². The van der Waals surface area contributed by atoms with Gasteiger partial charge >= 0.3 is 0 Å². The van der Waals surface area contributed by atoms with E-state index in [1.165, 1.54) is 29.1 Å². The largest absolute Gasteiger partial charge is 0.273 e. The van der Waals surface area contributed by atoms with E-state index in [0.29, 0.717) is 5.56 Å². The van der Waals surface area contributed by atoms with Crippen LogP contribution >= 0.6 is 23.5 Å². The zero-order valence-corrected chi connectivity index (χ0v) is 16.5. The predicted octanol–water partition coefficient (Wildman–Crippen LogP) is 4.85. The van der Waals surface area contributed by atoms with Gasteiger partial charge in [0.1, 0.15) is 11.2 Å². The molecule has 0 aliphatic carbocycles. The summed E-state index contributed by atoms with van der Waals surface area (Å²) in [6.07, 6.45) is 0. The first-order valence-corrected chi connectivity index (χ1v) is 10.4. The molecule has 0 radical (unpaired) electrons. The smallest absolute Gasteiger partial charge is 0.240 e. The number of nitrogens with zero attached hydrogens (tertiary/aromatic N) is 2. The Morgan fingerprint density at radius 2 is 2.08 bits per heavy atom. The topological polar surface area (TPSA) is 32.7 Å². The molecule has 2 heterocycles. The molecule has 0 fully saturated rings. The fraction of sp³-hybridized carbons (Fsp3) is 0.300. The van der Waals surface area contributed by atoms with Crippen molar-refractivity contribution in [2.45, 2.75) is 35.9 Å². The molecule has 0 N–H and O–H groups in total. The van der Waals surface area contributed by atoms with Crippen molar-refractivity contribution in [2.75, 3.05) is 5.75 Å². The molecule has 2 aromatic carbocycles. The van der Waals surface area contributed by atoms with Gasteiger partial charge in [0.15, 0.2) is 0 Å². The van der Waals surface area contributed by atoms with Gasteiger partial charge in [-0.1, -0.05) is 29.5 Å². The Kier molecular flexibility index (Phi) is 4.57. The summed E-state index contributed by atoms with van der Waals surface area (Å²) in [4.78, 5) is 14.2. The maximum absolute atomic E-state index is 14.0. The standard InChI is InChI=1S/C20H19FN2OS2/c1-11-4-7-18-15(8-11)19-16(10-25-18)20(23(22-19)13(3)24)26-14-6-5-12(2)17(21)9-14/h4-9,16,20H,10H2,1-3H3/t16-,20+/m1/s1. The Morgan fingerprint density at radius 1 is 1.27 bits per heavy atom. The van der Waals surface area contributed by atoms with Crippen LogP contribution < -0.4 is 0 Å². The zero-order chi connectivity index (χ0) is 18.4.